The Bertz CT molecular complexity index is 669. The van der Waals surface area contributed by atoms with Crippen molar-refractivity contribution in [2.45, 2.75) is 0 Å². The Morgan fingerprint density at radius 2 is 1.40 bits per heavy atom. The summed E-state index contributed by atoms with van der Waals surface area (Å²) in [5.74, 6) is 0. The third-order valence-corrected chi connectivity index (χ3v) is 35.2. The van der Waals surface area contributed by atoms with Gasteiger partial charge >= 0.3 is 152 Å². The molecule has 6 heteroatoms. The summed E-state index contributed by atoms with van der Waals surface area (Å²) in [6.07, 6.45) is 0. The predicted molar refractivity (Wildman–Crippen MR) is 121 cm³/mol. The summed E-state index contributed by atoms with van der Waals surface area (Å²) >= 11 is 5.31. The first kappa shape index (κ1) is 15.8. The van der Waals surface area contributed by atoms with Gasteiger partial charge in [0.25, 0.3) is 0 Å². The predicted octanol–water partition coefficient (Wildman–Crippen LogP) is 6.66. The van der Waals surface area contributed by atoms with Gasteiger partial charge in [0.1, 0.15) is 0 Å². The van der Waals surface area contributed by atoms with Crippen LogP contribution in [0.1, 0.15) is 11.1 Å². The normalized spacial score (nSPS) is 18.9. The molecule has 1 unspecified atom stereocenters. The molecule has 0 fully saturated rings. The molecule has 0 saturated heterocycles. The minimum atomic E-state index is -1.01. The monoisotopic (exact) mass is 637 g/mol. The molecule has 20 heavy (non-hydrogen) atoms. The van der Waals surface area contributed by atoms with E-state index in [1.807, 2.05) is 10.8 Å². The topological polar surface area (TPSA) is 12.4 Å². The number of nitrogens with zero attached hydrogens (tertiary/aromatic N) is 1. The molecule has 0 radical (unpaired) electrons. The molecule has 1 atom stereocenters. The second-order valence-corrected chi connectivity index (χ2v) is 43.1. The van der Waals surface area contributed by atoms with Gasteiger partial charge in [-0.15, -0.1) is 0 Å². The van der Waals surface area contributed by atoms with E-state index in [2.05, 4.69) is 97.9 Å². The molecular weight excluding hydrogens is 627 g/mol. The molecule has 0 saturated carbocycles. The van der Waals surface area contributed by atoms with Crippen LogP contribution in [0, 0.1) is 0 Å². The van der Waals surface area contributed by atoms with Crippen molar-refractivity contribution in [3.05, 3.63) is 71.8 Å². The Hall–Kier alpha value is 0.870. The Morgan fingerprint density at radius 1 is 0.850 bits per heavy atom. The molecule has 1 aliphatic rings. The summed E-state index contributed by atoms with van der Waals surface area (Å²) in [6.45, 7) is 0.261. The van der Waals surface area contributed by atoms with Crippen LogP contribution >= 0.6 is 65.2 Å². The van der Waals surface area contributed by atoms with Gasteiger partial charge in [0.15, 0.2) is 0 Å². The van der Waals surface area contributed by atoms with E-state index in [4.69, 9.17) is 4.99 Å². The van der Waals surface area contributed by atoms with Crippen LogP contribution in [0.5, 0.6) is 0 Å². The SMILES string of the molecule is II(I)S1=C(c2ccccc2)N=C(c2ccccc2)S1. The first-order valence-corrected chi connectivity index (χ1v) is 23.5. The summed E-state index contributed by atoms with van der Waals surface area (Å²) < 4.78 is 0. The first-order valence-electron chi connectivity index (χ1n) is 5.78. The molecule has 104 valence electrons. The Kier molecular flexibility index (Phi) is 5.85. The summed E-state index contributed by atoms with van der Waals surface area (Å²) in [5, 5.41) is 1.18. The van der Waals surface area contributed by atoms with Crippen molar-refractivity contribution >= 4 is 75.2 Å². The fourth-order valence-corrected chi connectivity index (χ4v) is 24.0. The molecule has 0 aromatic heterocycles. The Morgan fingerprint density at radius 3 is 1.95 bits per heavy atom. The average molecular weight is 637 g/mol. The number of benzene rings is 2. The van der Waals surface area contributed by atoms with Crippen LogP contribution in [0.4, 0.5) is 0 Å². The van der Waals surface area contributed by atoms with Crippen molar-refractivity contribution in [3.63, 3.8) is 0 Å². The van der Waals surface area contributed by atoms with Gasteiger partial charge in [-0.1, -0.05) is 0 Å². The minimum absolute atomic E-state index is 0.261. The van der Waals surface area contributed by atoms with E-state index in [0.717, 1.165) is 0 Å². The van der Waals surface area contributed by atoms with E-state index >= 15 is 0 Å². The molecule has 0 N–H and O–H groups in total. The number of halogens is 3. The second-order valence-electron chi connectivity index (χ2n) is 3.93. The molecule has 0 amide bonds. The van der Waals surface area contributed by atoms with Gasteiger partial charge in [0, 0.05) is 0 Å². The van der Waals surface area contributed by atoms with Gasteiger partial charge < -0.3 is 0 Å². The van der Waals surface area contributed by atoms with E-state index in [1.54, 1.807) is 0 Å². The quantitative estimate of drug-likeness (QED) is 0.209. The molecule has 1 aliphatic heterocycles. The van der Waals surface area contributed by atoms with E-state index in [1.165, 1.54) is 21.2 Å². The number of hydrogen-bond acceptors (Lipinski definition) is 2. The van der Waals surface area contributed by atoms with E-state index < -0.39 is 10.5 Å². The van der Waals surface area contributed by atoms with Gasteiger partial charge in [0.05, 0.1) is 0 Å². The molecule has 0 bridgehead atoms. The molecule has 2 aromatic rings. The standard InChI is InChI=1S/C14H10I3NS2/c15-17(16)20-14(12-9-5-2-6-10-12)18-13(19-20)11-7-3-1-4-8-11/h1-10H. The summed E-state index contributed by atoms with van der Waals surface area (Å²) in [5.41, 5.74) is 2.52. The van der Waals surface area contributed by atoms with Crippen molar-refractivity contribution in [1.82, 2.24) is 0 Å². The van der Waals surface area contributed by atoms with E-state index in [9.17, 15) is 0 Å². The van der Waals surface area contributed by atoms with Crippen molar-refractivity contribution in [3.8, 4) is 0 Å². The van der Waals surface area contributed by atoms with Crippen LogP contribution in [-0.2, 0) is 0 Å². The zero-order valence-electron chi connectivity index (χ0n) is 10.2. The van der Waals surface area contributed by atoms with Gasteiger partial charge in [-0.25, -0.2) is 0 Å². The maximum absolute atomic E-state index is 4.97. The third-order valence-electron chi connectivity index (χ3n) is 2.65. The van der Waals surface area contributed by atoms with Crippen LogP contribution in [0.2, 0.25) is 0 Å². The average Bonchev–Trinajstić information content (AvgIpc) is 2.94. The van der Waals surface area contributed by atoms with Crippen LogP contribution in [0.25, 0.3) is 0 Å². The van der Waals surface area contributed by atoms with Gasteiger partial charge in [-0.2, -0.15) is 0 Å². The van der Waals surface area contributed by atoms with Crippen molar-refractivity contribution in [1.29, 1.82) is 0 Å². The van der Waals surface area contributed by atoms with Crippen molar-refractivity contribution in [2.75, 3.05) is 0 Å². The second kappa shape index (κ2) is 7.42. The number of hydrogen-bond donors (Lipinski definition) is 0. The van der Waals surface area contributed by atoms with Crippen molar-refractivity contribution < 1.29 is 0 Å². The molecule has 2 aromatic carbocycles. The molecule has 0 aliphatic carbocycles. The maximum atomic E-state index is 4.97. The zero-order valence-corrected chi connectivity index (χ0v) is 18.3. The third kappa shape index (κ3) is 3.61. The fourth-order valence-electron chi connectivity index (χ4n) is 1.77. The van der Waals surface area contributed by atoms with Gasteiger partial charge in [-0.3, -0.25) is 0 Å². The Balaban J connectivity index is 2.02. The van der Waals surface area contributed by atoms with Gasteiger partial charge in [-0.05, 0) is 0 Å². The molecule has 3 rings (SSSR count). The van der Waals surface area contributed by atoms with E-state index in [-0.39, 0.29) is 6.69 Å². The first-order chi connectivity index (χ1) is 9.75. The van der Waals surface area contributed by atoms with Crippen LogP contribution < -0.4 is 0 Å². The van der Waals surface area contributed by atoms with Crippen LogP contribution in [0.3, 0.4) is 0 Å². The van der Waals surface area contributed by atoms with Crippen molar-refractivity contribution in [2.24, 2.45) is 4.99 Å². The molecule has 1 heterocycles. The number of aliphatic imine (C=N–C) groups is 1. The molecule has 1 nitrogen and oxygen atoms in total. The van der Waals surface area contributed by atoms with Crippen LogP contribution in [0.15, 0.2) is 65.7 Å². The molecule has 0 spiro atoms. The summed E-state index contributed by atoms with van der Waals surface area (Å²) in [4.78, 5) is 6.26. The van der Waals surface area contributed by atoms with E-state index in [0.29, 0.717) is 0 Å². The Labute approximate surface area is 149 Å². The fraction of sp³-hybridized carbons (Fsp3) is 0. The number of rotatable bonds is 3. The molecular formula is C14H10I3NS2. The zero-order chi connectivity index (χ0) is 13.9. The van der Waals surface area contributed by atoms with Gasteiger partial charge in [0.2, 0.25) is 0 Å². The summed E-state index contributed by atoms with van der Waals surface area (Å²) in [6, 6.07) is 21.2. The summed E-state index contributed by atoms with van der Waals surface area (Å²) in [7, 11) is 0.961. The van der Waals surface area contributed by atoms with Crippen LogP contribution in [-0.4, -0.2) is 10.0 Å².